The first-order chi connectivity index (χ1) is 4.83. The van der Waals surface area contributed by atoms with Gasteiger partial charge in [0.2, 0.25) is 0 Å². The van der Waals surface area contributed by atoms with Crippen molar-refractivity contribution < 1.29 is 23.3 Å². The zero-order valence-corrected chi connectivity index (χ0v) is 13.0. The summed E-state index contributed by atoms with van der Waals surface area (Å²) in [7, 11) is 5.89. The van der Waals surface area contributed by atoms with Crippen molar-refractivity contribution in [1.29, 1.82) is 0 Å². The van der Waals surface area contributed by atoms with Crippen molar-refractivity contribution >= 4 is 8.25 Å². The van der Waals surface area contributed by atoms with Gasteiger partial charge >= 0.3 is 80.0 Å². The first kappa shape index (κ1) is 9.31. The van der Waals surface area contributed by atoms with Gasteiger partial charge in [-0.2, -0.15) is 0 Å². The van der Waals surface area contributed by atoms with Crippen LogP contribution in [0.15, 0.2) is 0 Å². The molecule has 0 atom stereocenters. The predicted octanol–water partition coefficient (Wildman–Crippen LogP) is 3.47. The Hall–Kier alpha value is 1.23. The van der Waals surface area contributed by atoms with Crippen LogP contribution in [-0.4, -0.2) is 0 Å². The Balaban J connectivity index is 2.13. The Morgan fingerprint density at radius 2 is 1.90 bits per heavy atom. The summed E-state index contributed by atoms with van der Waals surface area (Å²) >= 11 is -0.797. The summed E-state index contributed by atoms with van der Waals surface area (Å²) in [4.78, 5) is 0. The summed E-state index contributed by atoms with van der Waals surface area (Å²) in [6, 6.07) is 0. The van der Waals surface area contributed by atoms with Crippen LogP contribution in [0.5, 0.6) is 0 Å². The summed E-state index contributed by atoms with van der Waals surface area (Å²) in [5.41, 5.74) is 0. The van der Waals surface area contributed by atoms with Crippen LogP contribution in [0.3, 0.4) is 0 Å². The molecule has 0 nitrogen and oxygen atoms in total. The number of hydrogen-bond donors (Lipinski definition) is 0. The second-order valence-electron chi connectivity index (χ2n) is 3.60. The molecule has 0 saturated heterocycles. The molecule has 1 rings (SSSR count). The van der Waals surface area contributed by atoms with Gasteiger partial charge in [-0.25, -0.2) is 0 Å². The SMILES string of the molecule is CC1CCC([CH2][Hg][Cl])CC1. The predicted molar refractivity (Wildman–Crippen MR) is 41.8 cm³/mol. The van der Waals surface area contributed by atoms with Gasteiger partial charge in [-0.3, -0.25) is 0 Å². The summed E-state index contributed by atoms with van der Waals surface area (Å²) in [5.74, 6) is 2.05. The van der Waals surface area contributed by atoms with Crippen molar-refractivity contribution in [3.05, 3.63) is 0 Å². The maximum absolute atomic E-state index is 5.89. The Morgan fingerprint density at radius 3 is 2.40 bits per heavy atom. The van der Waals surface area contributed by atoms with E-state index >= 15 is 0 Å². The molecule has 0 unspecified atom stereocenters. The van der Waals surface area contributed by atoms with Gasteiger partial charge in [-0.1, -0.05) is 0 Å². The van der Waals surface area contributed by atoms with E-state index in [2.05, 4.69) is 6.92 Å². The van der Waals surface area contributed by atoms with Crippen LogP contribution in [-0.2, 0) is 23.3 Å². The van der Waals surface area contributed by atoms with E-state index in [-0.39, 0.29) is 0 Å². The molecule has 2 heteroatoms. The van der Waals surface area contributed by atoms with E-state index in [4.69, 9.17) is 8.25 Å². The van der Waals surface area contributed by atoms with Gasteiger partial charge in [0, 0.05) is 0 Å². The van der Waals surface area contributed by atoms with Crippen molar-refractivity contribution in [1.82, 2.24) is 0 Å². The van der Waals surface area contributed by atoms with Gasteiger partial charge in [-0.05, 0) is 0 Å². The summed E-state index contributed by atoms with van der Waals surface area (Å²) in [6.07, 6.45) is 5.90. The second kappa shape index (κ2) is 4.98. The van der Waals surface area contributed by atoms with E-state index in [1.807, 2.05) is 0 Å². The van der Waals surface area contributed by atoms with E-state index in [1.165, 1.54) is 29.6 Å². The van der Waals surface area contributed by atoms with Gasteiger partial charge < -0.3 is 0 Å². The van der Waals surface area contributed by atoms with Gasteiger partial charge in [0.15, 0.2) is 0 Å². The van der Waals surface area contributed by atoms with Crippen molar-refractivity contribution in [2.45, 2.75) is 36.5 Å². The normalized spacial score (nSPS) is 33.4. The van der Waals surface area contributed by atoms with Gasteiger partial charge in [-0.15, -0.1) is 0 Å². The van der Waals surface area contributed by atoms with Crippen molar-refractivity contribution in [3.63, 3.8) is 0 Å². The van der Waals surface area contributed by atoms with Gasteiger partial charge in [0.25, 0.3) is 0 Å². The molecule has 0 radical (unpaired) electrons. The molecular weight excluding hydrogens is 332 g/mol. The van der Waals surface area contributed by atoms with Gasteiger partial charge in [0.05, 0.1) is 0 Å². The first-order valence-electron chi connectivity index (χ1n) is 4.39. The third-order valence-corrected chi connectivity index (χ3v) is 8.59. The van der Waals surface area contributed by atoms with Crippen LogP contribution < -0.4 is 0 Å². The molecule has 0 N–H and O–H groups in total. The standard InChI is InChI=1S/C8H15.ClH.Hg/c1-7-3-5-8(2)6-4-7;;/h7-8H,1,3-6H2,2H3;1H;/q;;+1/p-1. The van der Waals surface area contributed by atoms with E-state index < -0.39 is 23.3 Å². The zero-order chi connectivity index (χ0) is 7.40. The molecule has 0 bridgehead atoms. The molecule has 1 aliphatic rings. The van der Waals surface area contributed by atoms with E-state index in [9.17, 15) is 0 Å². The van der Waals surface area contributed by atoms with Crippen LogP contribution in [0.25, 0.3) is 0 Å². The third-order valence-electron chi connectivity index (χ3n) is 2.65. The fraction of sp³-hybridized carbons (Fsp3) is 1.00. The van der Waals surface area contributed by atoms with Crippen LogP contribution in [0.2, 0.25) is 3.93 Å². The third kappa shape index (κ3) is 3.08. The molecule has 0 aromatic rings. The molecule has 0 spiro atoms. The maximum atomic E-state index is 5.89. The molecule has 0 aromatic heterocycles. The van der Waals surface area contributed by atoms with E-state index in [0.717, 1.165) is 11.8 Å². The Bertz CT molecular complexity index is 87.3. The number of rotatable bonds is 2. The average Bonchev–Trinajstić information content (AvgIpc) is 1.95. The van der Waals surface area contributed by atoms with Gasteiger partial charge in [0.1, 0.15) is 0 Å². The fourth-order valence-corrected chi connectivity index (χ4v) is 7.92. The molecule has 0 heterocycles. The van der Waals surface area contributed by atoms with Crippen LogP contribution in [0, 0.1) is 11.8 Å². The molecule has 56 valence electrons. The Morgan fingerprint density at radius 1 is 1.30 bits per heavy atom. The summed E-state index contributed by atoms with van der Waals surface area (Å²) in [6.45, 7) is 2.38. The molecule has 10 heavy (non-hydrogen) atoms. The van der Waals surface area contributed by atoms with E-state index in [0.29, 0.717) is 0 Å². The molecule has 0 aliphatic heterocycles. The Kier molecular flexibility index (Phi) is 4.63. The first-order valence-corrected chi connectivity index (χ1v) is 15.0. The minimum atomic E-state index is -0.797. The number of hydrogen-bond acceptors (Lipinski definition) is 0. The van der Waals surface area contributed by atoms with Crippen molar-refractivity contribution in [2.75, 3.05) is 0 Å². The molecular formula is C8H15ClHg. The fourth-order valence-electron chi connectivity index (χ4n) is 1.77. The summed E-state index contributed by atoms with van der Waals surface area (Å²) in [5, 5.41) is 0. The van der Waals surface area contributed by atoms with E-state index in [1.54, 1.807) is 0 Å². The second-order valence-corrected chi connectivity index (χ2v) is 10.6. The summed E-state index contributed by atoms with van der Waals surface area (Å²) < 4.78 is 1.47. The Labute approximate surface area is 79.6 Å². The van der Waals surface area contributed by atoms with Crippen LogP contribution >= 0.6 is 8.25 Å². The molecule has 1 fully saturated rings. The van der Waals surface area contributed by atoms with Crippen LogP contribution in [0.4, 0.5) is 0 Å². The minimum absolute atomic E-state index is 0.797. The molecule has 0 amide bonds. The van der Waals surface area contributed by atoms with Crippen LogP contribution in [0.1, 0.15) is 32.6 Å². The topological polar surface area (TPSA) is 0 Å². The monoisotopic (exact) mass is 348 g/mol. The number of halogens is 1. The molecule has 1 aliphatic carbocycles. The molecule has 0 aromatic carbocycles. The average molecular weight is 347 g/mol. The zero-order valence-electron chi connectivity index (χ0n) is 6.78. The van der Waals surface area contributed by atoms with Crippen molar-refractivity contribution in [2.24, 2.45) is 11.8 Å². The van der Waals surface area contributed by atoms with Crippen molar-refractivity contribution in [3.8, 4) is 0 Å². The molecule has 1 saturated carbocycles. The quantitative estimate of drug-likeness (QED) is 0.671.